The lowest BCUT2D eigenvalue weighted by Crippen LogP contribution is -2.12. The minimum Gasteiger partial charge on any atom is -0.492 e. The van der Waals surface area contributed by atoms with Gasteiger partial charge in [-0.1, -0.05) is 39.1 Å². The summed E-state index contributed by atoms with van der Waals surface area (Å²) in [7, 11) is 1.25. The van der Waals surface area contributed by atoms with Crippen molar-refractivity contribution in [3.8, 4) is 17.1 Å². The number of nitrogens with two attached hydrogens (primary N) is 1. The van der Waals surface area contributed by atoms with Gasteiger partial charge in [0.05, 0.1) is 17.7 Å². The van der Waals surface area contributed by atoms with Crippen molar-refractivity contribution in [2.24, 2.45) is 0 Å². The number of hydrogen-bond acceptors (Lipinski definition) is 6. The molecule has 156 valence electrons. The van der Waals surface area contributed by atoms with Crippen LogP contribution in [0.4, 0.5) is 14.6 Å². The molecule has 0 aliphatic carbocycles. The topological polar surface area (TPSA) is 87.3 Å². The summed E-state index contributed by atoms with van der Waals surface area (Å²) in [4.78, 5) is 20.4. The smallest absolute Gasteiger partial charge is 0.359 e. The van der Waals surface area contributed by atoms with E-state index in [4.69, 9.17) is 38.4 Å². The van der Waals surface area contributed by atoms with E-state index in [9.17, 15) is 13.6 Å². The van der Waals surface area contributed by atoms with Gasteiger partial charge in [0.25, 0.3) is 0 Å². The Bertz CT molecular complexity index is 1150. The molecule has 1 aromatic heterocycles. The van der Waals surface area contributed by atoms with E-state index in [0.717, 1.165) is 0 Å². The number of rotatable bonds is 5. The first-order valence-corrected chi connectivity index (χ1v) is 9.74. The van der Waals surface area contributed by atoms with E-state index >= 15 is 0 Å². The number of hydrogen-bond donors (Lipinski definition) is 1. The SMILES string of the molecule is COc1c(Cl)ccc(-c2nc(N)c(Cl)c(C(=O)OCc3cc(Br)ccc3F)n2)c1F. The predicted molar refractivity (Wildman–Crippen MR) is 112 cm³/mol. The number of anilines is 1. The number of aromatic nitrogens is 2. The van der Waals surface area contributed by atoms with Crippen LogP contribution >= 0.6 is 39.1 Å². The standard InChI is InChI=1S/C19H12BrCl2F2N3O3/c1-29-16-11(21)4-3-10(14(16)24)18-26-15(13(22)17(25)27-18)19(28)30-7-8-6-9(20)2-5-12(8)23/h2-6H,7H2,1H3,(H2,25,26,27). The van der Waals surface area contributed by atoms with Gasteiger partial charge in [0.1, 0.15) is 23.3 Å². The second-order valence-electron chi connectivity index (χ2n) is 5.85. The van der Waals surface area contributed by atoms with Crippen LogP contribution in [-0.2, 0) is 11.3 Å². The fraction of sp³-hybridized carbons (Fsp3) is 0.105. The van der Waals surface area contributed by atoms with Crippen molar-refractivity contribution in [2.45, 2.75) is 6.61 Å². The zero-order valence-electron chi connectivity index (χ0n) is 15.2. The molecule has 0 saturated carbocycles. The van der Waals surface area contributed by atoms with Crippen LogP contribution in [0.5, 0.6) is 5.75 Å². The summed E-state index contributed by atoms with van der Waals surface area (Å²) in [5, 5.41) is -0.240. The number of esters is 1. The van der Waals surface area contributed by atoms with Crippen LogP contribution in [0.15, 0.2) is 34.8 Å². The number of methoxy groups -OCH3 is 1. The molecule has 0 atom stereocenters. The molecule has 0 bridgehead atoms. The minimum absolute atomic E-state index is 0.0383. The highest BCUT2D eigenvalue weighted by Gasteiger charge is 2.23. The third-order valence-corrected chi connectivity index (χ3v) is 5.09. The highest BCUT2D eigenvalue weighted by molar-refractivity contribution is 9.10. The number of ether oxygens (including phenoxy) is 2. The van der Waals surface area contributed by atoms with E-state index in [0.29, 0.717) is 4.47 Å². The zero-order valence-corrected chi connectivity index (χ0v) is 18.3. The molecule has 0 radical (unpaired) electrons. The van der Waals surface area contributed by atoms with Gasteiger partial charge in [-0.3, -0.25) is 0 Å². The first-order chi connectivity index (χ1) is 14.2. The summed E-state index contributed by atoms with van der Waals surface area (Å²) in [6.45, 7) is -0.386. The fourth-order valence-corrected chi connectivity index (χ4v) is 3.27. The van der Waals surface area contributed by atoms with Crippen molar-refractivity contribution in [2.75, 3.05) is 12.8 Å². The molecule has 2 N–H and O–H groups in total. The maximum Gasteiger partial charge on any atom is 0.359 e. The molecule has 0 aliphatic rings. The van der Waals surface area contributed by atoms with Crippen LogP contribution in [0, 0.1) is 11.6 Å². The van der Waals surface area contributed by atoms with Gasteiger partial charge in [-0.2, -0.15) is 0 Å². The third kappa shape index (κ3) is 4.48. The van der Waals surface area contributed by atoms with E-state index in [1.54, 1.807) is 0 Å². The molecular weight excluding hydrogens is 507 g/mol. The minimum atomic E-state index is -0.990. The first-order valence-electron chi connectivity index (χ1n) is 8.19. The second-order valence-corrected chi connectivity index (χ2v) is 7.55. The molecule has 0 spiro atoms. The van der Waals surface area contributed by atoms with Crippen LogP contribution in [-0.4, -0.2) is 23.0 Å². The number of nitrogens with zero attached hydrogens (tertiary/aromatic N) is 2. The van der Waals surface area contributed by atoms with Gasteiger partial charge in [0.15, 0.2) is 23.1 Å². The van der Waals surface area contributed by atoms with Gasteiger partial charge >= 0.3 is 5.97 Å². The number of carbonyl (C=O) groups excluding carboxylic acids is 1. The average molecular weight is 519 g/mol. The zero-order chi connectivity index (χ0) is 22.0. The van der Waals surface area contributed by atoms with Gasteiger partial charge in [0, 0.05) is 10.0 Å². The van der Waals surface area contributed by atoms with Crippen LogP contribution in [0.1, 0.15) is 16.1 Å². The molecular formula is C19H12BrCl2F2N3O3. The summed E-state index contributed by atoms with van der Waals surface area (Å²) in [6.07, 6.45) is 0. The normalized spacial score (nSPS) is 10.7. The quantitative estimate of drug-likeness (QED) is 0.452. The van der Waals surface area contributed by atoms with Crippen LogP contribution in [0.2, 0.25) is 10.0 Å². The first kappa shape index (κ1) is 22.2. The average Bonchev–Trinajstić information content (AvgIpc) is 2.71. The molecule has 3 rings (SSSR count). The summed E-state index contributed by atoms with van der Waals surface area (Å²) in [5.41, 5.74) is 5.37. The Balaban J connectivity index is 1.96. The lowest BCUT2D eigenvalue weighted by Gasteiger charge is -2.12. The number of carbonyl (C=O) groups is 1. The molecule has 2 aromatic carbocycles. The Morgan fingerprint density at radius 2 is 1.93 bits per heavy atom. The Labute approximate surface area is 188 Å². The molecule has 0 saturated heterocycles. The van der Waals surface area contributed by atoms with E-state index in [1.165, 1.54) is 37.4 Å². The molecule has 3 aromatic rings. The summed E-state index contributed by atoms with van der Waals surface area (Å²) >= 11 is 15.1. The fourth-order valence-electron chi connectivity index (χ4n) is 2.48. The summed E-state index contributed by atoms with van der Waals surface area (Å²) < 4.78 is 39.2. The lowest BCUT2D eigenvalue weighted by atomic mass is 10.1. The van der Waals surface area contributed by atoms with E-state index in [2.05, 4.69) is 25.9 Å². The summed E-state index contributed by atoms with van der Waals surface area (Å²) in [6, 6.07) is 6.86. The van der Waals surface area contributed by atoms with Crippen LogP contribution < -0.4 is 10.5 Å². The van der Waals surface area contributed by atoms with Gasteiger partial charge < -0.3 is 15.2 Å². The number of benzene rings is 2. The van der Waals surface area contributed by atoms with Crippen molar-refractivity contribution >= 4 is 50.9 Å². The monoisotopic (exact) mass is 517 g/mol. The second kappa shape index (κ2) is 9.11. The Hall–Kier alpha value is -2.49. The molecule has 11 heteroatoms. The number of halogens is 5. The Kier molecular flexibility index (Phi) is 6.74. The van der Waals surface area contributed by atoms with Gasteiger partial charge in [-0.15, -0.1) is 0 Å². The summed E-state index contributed by atoms with van der Waals surface area (Å²) in [5.74, 6) is -3.12. The van der Waals surface area contributed by atoms with Crippen molar-refractivity contribution in [1.82, 2.24) is 9.97 Å². The Morgan fingerprint density at radius 1 is 1.20 bits per heavy atom. The van der Waals surface area contributed by atoms with Gasteiger partial charge in [0.2, 0.25) is 0 Å². The largest absolute Gasteiger partial charge is 0.492 e. The molecule has 30 heavy (non-hydrogen) atoms. The maximum atomic E-state index is 14.7. The number of nitrogen functional groups attached to an aromatic ring is 1. The van der Waals surface area contributed by atoms with Crippen molar-refractivity contribution < 1.29 is 23.0 Å². The van der Waals surface area contributed by atoms with Crippen LogP contribution in [0.3, 0.4) is 0 Å². The van der Waals surface area contributed by atoms with E-state index in [-0.39, 0.29) is 45.2 Å². The molecule has 0 aliphatic heterocycles. The van der Waals surface area contributed by atoms with Gasteiger partial charge in [-0.25, -0.2) is 23.5 Å². The highest BCUT2D eigenvalue weighted by Crippen LogP contribution is 2.35. The molecule has 0 unspecified atom stereocenters. The molecule has 6 nitrogen and oxygen atoms in total. The lowest BCUT2D eigenvalue weighted by molar-refractivity contribution is 0.0462. The van der Waals surface area contributed by atoms with Crippen LogP contribution in [0.25, 0.3) is 11.4 Å². The van der Waals surface area contributed by atoms with Crippen molar-refractivity contribution in [3.63, 3.8) is 0 Å². The van der Waals surface area contributed by atoms with Crippen molar-refractivity contribution in [3.05, 3.63) is 67.7 Å². The van der Waals surface area contributed by atoms with Gasteiger partial charge in [-0.05, 0) is 30.3 Å². The predicted octanol–water partition coefficient (Wildman–Crippen LogP) is 5.44. The molecule has 0 amide bonds. The molecule has 0 fully saturated rings. The third-order valence-electron chi connectivity index (χ3n) is 3.93. The molecule has 1 heterocycles. The van der Waals surface area contributed by atoms with E-state index in [1.807, 2.05) is 0 Å². The van der Waals surface area contributed by atoms with Crippen molar-refractivity contribution in [1.29, 1.82) is 0 Å². The van der Waals surface area contributed by atoms with E-state index < -0.39 is 23.3 Å². The highest BCUT2D eigenvalue weighted by atomic mass is 79.9. The Morgan fingerprint density at radius 3 is 2.63 bits per heavy atom. The maximum absolute atomic E-state index is 14.7.